The molecule has 0 aliphatic rings. The molecule has 0 fully saturated rings. The van der Waals surface area contributed by atoms with E-state index in [9.17, 15) is 0 Å². The van der Waals surface area contributed by atoms with E-state index < -0.39 is 0 Å². The zero-order valence-electron chi connectivity index (χ0n) is 10.6. The van der Waals surface area contributed by atoms with Gasteiger partial charge in [-0.3, -0.25) is 0 Å². The Labute approximate surface area is 130 Å². The lowest BCUT2D eigenvalue weighted by molar-refractivity contribution is 0.305. The van der Waals surface area contributed by atoms with Gasteiger partial charge in [-0.25, -0.2) is 0 Å². The van der Waals surface area contributed by atoms with Crippen molar-refractivity contribution in [2.24, 2.45) is 0 Å². The fourth-order valence-electron chi connectivity index (χ4n) is 1.66. The minimum absolute atomic E-state index is 0.580. The molecular formula is C14H15BrClNOS. The van der Waals surface area contributed by atoms with E-state index in [1.54, 1.807) is 11.3 Å². The summed E-state index contributed by atoms with van der Waals surface area (Å²) in [6, 6.07) is 9.83. The van der Waals surface area contributed by atoms with Crippen LogP contribution in [0.1, 0.15) is 17.4 Å². The summed E-state index contributed by atoms with van der Waals surface area (Å²) >= 11 is 11.2. The van der Waals surface area contributed by atoms with Gasteiger partial charge in [-0.2, -0.15) is 0 Å². The summed E-state index contributed by atoms with van der Waals surface area (Å²) in [5.74, 6) is 0.884. The van der Waals surface area contributed by atoms with Crippen LogP contribution in [0.5, 0.6) is 5.75 Å². The molecule has 0 aliphatic heterocycles. The van der Waals surface area contributed by atoms with Crippen molar-refractivity contribution >= 4 is 38.9 Å². The first kappa shape index (κ1) is 14.9. The number of thiophene rings is 1. The Hall–Kier alpha value is -0.550. The highest BCUT2D eigenvalue weighted by Crippen LogP contribution is 2.26. The molecule has 2 nitrogen and oxygen atoms in total. The zero-order valence-corrected chi connectivity index (χ0v) is 13.7. The Balaban J connectivity index is 2.05. The van der Waals surface area contributed by atoms with Crippen molar-refractivity contribution in [1.82, 2.24) is 5.32 Å². The lowest BCUT2D eigenvalue weighted by atomic mass is 10.2. The average Bonchev–Trinajstić information content (AvgIpc) is 2.81. The van der Waals surface area contributed by atoms with Crippen LogP contribution < -0.4 is 10.1 Å². The lowest BCUT2D eigenvalue weighted by Crippen LogP contribution is -2.12. The minimum Gasteiger partial charge on any atom is -0.488 e. The van der Waals surface area contributed by atoms with Crippen LogP contribution in [0.4, 0.5) is 0 Å². The van der Waals surface area contributed by atoms with Gasteiger partial charge in [-0.1, -0.05) is 18.5 Å². The normalized spacial score (nSPS) is 10.7. The van der Waals surface area contributed by atoms with Gasteiger partial charge in [0, 0.05) is 22.0 Å². The van der Waals surface area contributed by atoms with E-state index in [0.717, 1.165) is 33.2 Å². The van der Waals surface area contributed by atoms with Crippen molar-refractivity contribution in [3.63, 3.8) is 0 Å². The van der Waals surface area contributed by atoms with Crippen LogP contribution in [-0.4, -0.2) is 6.54 Å². The molecule has 0 amide bonds. The van der Waals surface area contributed by atoms with Crippen molar-refractivity contribution in [2.45, 2.75) is 20.1 Å². The van der Waals surface area contributed by atoms with Crippen LogP contribution in [0.2, 0.25) is 5.02 Å². The van der Waals surface area contributed by atoms with Gasteiger partial charge in [0.25, 0.3) is 0 Å². The predicted octanol–water partition coefficient (Wildman–Crippen LogP) is 4.85. The number of rotatable bonds is 6. The molecule has 1 aromatic heterocycles. The number of halogens is 2. The van der Waals surface area contributed by atoms with Gasteiger partial charge < -0.3 is 10.1 Å². The molecule has 0 aliphatic carbocycles. The Kier molecular flexibility index (Phi) is 5.70. The van der Waals surface area contributed by atoms with Gasteiger partial charge in [0.15, 0.2) is 0 Å². The Morgan fingerprint density at radius 1 is 1.32 bits per heavy atom. The Bertz CT molecular complexity index is 544. The highest BCUT2D eigenvalue weighted by molar-refractivity contribution is 9.11. The third kappa shape index (κ3) is 4.49. The van der Waals surface area contributed by atoms with Gasteiger partial charge in [-0.05, 0) is 52.8 Å². The van der Waals surface area contributed by atoms with E-state index in [0.29, 0.717) is 6.61 Å². The van der Waals surface area contributed by atoms with E-state index in [1.807, 2.05) is 24.3 Å². The molecule has 0 saturated carbocycles. The summed E-state index contributed by atoms with van der Waals surface area (Å²) in [7, 11) is 0. The lowest BCUT2D eigenvalue weighted by Gasteiger charge is -2.11. The maximum absolute atomic E-state index is 6.03. The standard InChI is InChI=1S/C14H15BrClNOS/c1-2-17-8-10-7-11(16)3-5-13(10)18-9-12-4-6-14(15)19-12/h3-7,17H,2,8-9H2,1H3. The summed E-state index contributed by atoms with van der Waals surface area (Å²) < 4.78 is 7.00. The van der Waals surface area contributed by atoms with Gasteiger partial charge in [0.1, 0.15) is 12.4 Å². The van der Waals surface area contributed by atoms with Crippen molar-refractivity contribution in [3.05, 3.63) is 49.6 Å². The molecule has 0 bridgehead atoms. The maximum atomic E-state index is 6.03. The summed E-state index contributed by atoms with van der Waals surface area (Å²) in [4.78, 5) is 1.19. The topological polar surface area (TPSA) is 21.3 Å². The van der Waals surface area contributed by atoms with Crippen molar-refractivity contribution in [1.29, 1.82) is 0 Å². The van der Waals surface area contributed by atoms with Crippen LogP contribution in [0.15, 0.2) is 34.1 Å². The van der Waals surface area contributed by atoms with Gasteiger partial charge in [0.05, 0.1) is 3.79 Å². The minimum atomic E-state index is 0.580. The first-order valence-electron chi connectivity index (χ1n) is 6.05. The summed E-state index contributed by atoms with van der Waals surface area (Å²) in [5.41, 5.74) is 1.09. The summed E-state index contributed by atoms with van der Waals surface area (Å²) in [6.07, 6.45) is 0. The number of nitrogens with one attached hydrogen (secondary N) is 1. The molecule has 0 saturated heterocycles. The molecule has 19 heavy (non-hydrogen) atoms. The summed E-state index contributed by atoms with van der Waals surface area (Å²) in [6.45, 7) is 4.34. The molecule has 0 atom stereocenters. The van der Waals surface area contributed by atoms with E-state index in [-0.39, 0.29) is 0 Å². The quantitative estimate of drug-likeness (QED) is 0.795. The molecule has 2 rings (SSSR count). The number of hydrogen-bond acceptors (Lipinski definition) is 3. The average molecular weight is 361 g/mol. The molecule has 1 aromatic carbocycles. The fraction of sp³-hybridized carbons (Fsp3) is 0.286. The van der Waals surface area contributed by atoms with E-state index >= 15 is 0 Å². The maximum Gasteiger partial charge on any atom is 0.124 e. The van der Waals surface area contributed by atoms with Crippen LogP contribution in [0, 0.1) is 0 Å². The fourth-order valence-corrected chi connectivity index (χ4v) is 3.26. The van der Waals surface area contributed by atoms with Crippen molar-refractivity contribution in [2.75, 3.05) is 6.54 Å². The largest absolute Gasteiger partial charge is 0.488 e. The van der Waals surface area contributed by atoms with Crippen LogP contribution in [0.25, 0.3) is 0 Å². The number of hydrogen-bond donors (Lipinski definition) is 1. The smallest absolute Gasteiger partial charge is 0.124 e. The molecule has 0 unspecified atom stereocenters. The highest BCUT2D eigenvalue weighted by atomic mass is 79.9. The SMILES string of the molecule is CCNCc1cc(Cl)ccc1OCc1ccc(Br)s1. The molecular weight excluding hydrogens is 346 g/mol. The third-order valence-corrected chi connectivity index (χ3v) is 4.42. The number of benzene rings is 1. The van der Waals surface area contributed by atoms with Gasteiger partial charge in [-0.15, -0.1) is 11.3 Å². The van der Waals surface area contributed by atoms with Crippen LogP contribution in [-0.2, 0) is 13.2 Å². The summed E-state index contributed by atoms with van der Waals surface area (Å²) in [5, 5.41) is 4.03. The number of ether oxygens (including phenoxy) is 1. The molecule has 2 aromatic rings. The molecule has 1 N–H and O–H groups in total. The molecule has 0 spiro atoms. The molecule has 0 radical (unpaired) electrons. The third-order valence-electron chi connectivity index (χ3n) is 2.59. The second-order valence-electron chi connectivity index (χ2n) is 4.03. The molecule has 5 heteroatoms. The van der Waals surface area contributed by atoms with Crippen LogP contribution >= 0.6 is 38.9 Å². The van der Waals surface area contributed by atoms with E-state index in [1.165, 1.54) is 4.88 Å². The Morgan fingerprint density at radius 3 is 2.84 bits per heavy atom. The second kappa shape index (κ2) is 7.29. The van der Waals surface area contributed by atoms with Gasteiger partial charge in [0.2, 0.25) is 0 Å². The second-order valence-corrected chi connectivity index (χ2v) is 7.01. The molecule has 102 valence electrons. The highest BCUT2D eigenvalue weighted by Gasteiger charge is 2.06. The van der Waals surface area contributed by atoms with E-state index in [2.05, 4.69) is 34.2 Å². The molecule has 1 heterocycles. The van der Waals surface area contributed by atoms with Crippen molar-refractivity contribution in [3.8, 4) is 5.75 Å². The monoisotopic (exact) mass is 359 g/mol. The van der Waals surface area contributed by atoms with Crippen LogP contribution in [0.3, 0.4) is 0 Å². The first-order chi connectivity index (χ1) is 9.19. The Morgan fingerprint density at radius 2 is 2.16 bits per heavy atom. The van der Waals surface area contributed by atoms with Gasteiger partial charge >= 0.3 is 0 Å². The first-order valence-corrected chi connectivity index (χ1v) is 8.04. The van der Waals surface area contributed by atoms with Crippen molar-refractivity contribution < 1.29 is 4.74 Å². The zero-order chi connectivity index (χ0) is 13.7. The van der Waals surface area contributed by atoms with E-state index in [4.69, 9.17) is 16.3 Å². The predicted molar refractivity (Wildman–Crippen MR) is 85.2 cm³/mol.